The number of aliphatic hydroxyl groups is 1. The number of rotatable bonds is 7. The average molecular weight is 526 g/mol. The summed E-state index contributed by atoms with van der Waals surface area (Å²) in [6.07, 6.45) is 2.64. The van der Waals surface area contributed by atoms with Crippen LogP contribution in [-0.2, 0) is 5.60 Å². The Hall–Kier alpha value is -3.69. The van der Waals surface area contributed by atoms with E-state index in [9.17, 15) is 9.90 Å². The van der Waals surface area contributed by atoms with E-state index in [-0.39, 0.29) is 28.0 Å². The molecule has 2 heterocycles. The lowest BCUT2D eigenvalue weighted by Crippen LogP contribution is -2.32. The molecule has 1 amide bonds. The average Bonchev–Trinajstić information content (AvgIpc) is 3.20. The molecule has 4 N–H and O–H groups in total. The minimum atomic E-state index is -1.87. The molecule has 194 valence electrons. The SMILES string of the molecule is Cc1nc(C(C)(O)c2cc(Cl)c(F)c(C(=O)N[C@H](C)c3ccccc3)c2OC(C)C)n2ccnc(N)c12. The zero-order valence-electron chi connectivity index (χ0n) is 21.2. The van der Waals surface area contributed by atoms with Crippen molar-refractivity contribution < 1.29 is 19.0 Å². The summed E-state index contributed by atoms with van der Waals surface area (Å²) < 4.78 is 23.1. The summed E-state index contributed by atoms with van der Waals surface area (Å²) in [5.74, 6) is -1.40. The molecule has 1 unspecified atom stereocenters. The topological polar surface area (TPSA) is 115 Å². The third-order valence-electron chi connectivity index (χ3n) is 6.12. The summed E-state index contributed by atoms with van der Waals surface area (Å²) in [5, 5.41) is 14.4. The van der Waals surface area contributed by atoms with Crippen molar-refractivity contribution in [3.8, 4) is 5.75 Å². The van der Waals surface area contributed by atoms with Crippen LogP contribution in [0.4, 0.5) is 10.2 Å². The highest BCUT2D eigenvalue weighted by Crippen LogP contribution is 2.42. The number of halogens is 2. The van der Waals surface area contributed by atoms with Crippen LogP contribution >= 0.6 is 11.6 Å². The largest absolute Gasteiger partial charge is 0.490 e. The summed E-state index contributed by atoms with van der Waals surface area (Å²) in [4.78, 5) is 22.1. The van der Waals surface area contributed by atoms with Gasteiger partial charge >= 0.3 is 0 Å². The summed E-state index contributed by atoms with van der Waals surface area (Å²) in [6, 6.07) is 10.1. The van der Waals surface area contributed by atoms with Crippen LogP contribution in [0.5, 0.6) is 5.75 Å². The summed E-state index contributed by atoms with van der Waals surface area (Å²) in [5.41, 5.74) is 5.74. The van der Waals surface area contributed by atoms with Crippen molar-refractivity contribution in [3.05, 3.63) is 87.8 Å². The van der Waals surface area contributed by atoms with Crippen molar-refractivity contribution in [1.82, 2.24) is 19.7 Å². The van der Waals surface area contributed by atoms with Gasteiger partial charge in [-0.25, -0.2) is 14.4 Å². The number of fused-ring (bicyclic) bond motifs is 1. The second-order valence-corrected chi connectivity index (χ2v) is 9.73. The van der Waals surface area contributed by atoms with Gasteiger partial charge in [0.15, 0.2) is 5.82 Å². The fraction of sp³-hybridized carbons (Fsp3) is 0.296. The Morgan fingerprint density at radius 1 is 1.27 bits per heavy atom. The molecule has 0 saturated heterocycles. The highest BCUT2D eigenvalue weighted by atomic mass is 35.5. The summed E-state index contributed by atoms with van der Waals surface area (Å²) in [7, 11) is 0. The molecule has 0 aliphatic rings. The molecule has 10 heteroatoms. The van der Waals surface area contributed by atoms with E-state index in [1.807, 2.05) is 30.3 Å². The van der Waals surface area contributed by atoms with Gasteiger partial charge in [0.2, 0.25) is 0 Å². The number of nitrogens with one attached hydrogen (secondary N) is 1. The number of carbonyl (C=O) groups excluding carboxylic acids is 1. The minimum Gasteiger partial charge on any atom is -0.490 e. The van der Waals surface area contributed by atoms with E-state index in [0.717, 1.165) is 5.56 Å². The fourth-order valence-electron chi connectivity index (χ4n) is 4.33. The van der Waals surface area contributed by atoms with Gasteiger partial charge in [-0.3, -0.25) is 9.20 Å². The molecule has 2 atom stereocenters. The first-order valence-corrected chi connectivity index (χ1v) is 12.2. The lowest BCUT2D eigenvalue weighted by Gasteiger charge is -2.28. The molecule has 37 heavy (non-hydrogen) atoms. The number of anilines is 1. The van der Waals surface area contributed by atoms with Crippen LogP contribution in [0, 0.1) is 12.7 Å². The van der Waals surface area contributed by atoms with Gasteiger partial charge in [0, 0.05) is 18.0 Å². The van der Waals surface area contributed by atoms with Crippen molar-refractivity contribution in [3.63, 3.8) is 0 Å². The van der Waals surface area contributed by atoms with Gasteiger partial charge in [-0.15, -0.1) is 0 Å². The van der Waals surface area contributed by atoms with Crippen LogP contribution in [0.1, 0.15) is 66.7 Å². The Balaban J connectivity index is 1.90. The maximum absolute atomic E-state index is 15.5. The van der Waals surface area contributed by atoms with Crippen LogP contribution in [0.3, 0.4) is 0 Å². The number of aryl methyl sites for hydroxylation is 1. The zero-order chi connectivity index (χ0) is 27.1. The number of nitrogens with two attached hydrogens (primary N) is 1. The molecule has 2 aromatic carbocycles. The van der Waals surface area contributed by atoms with E-state index in [1.165, 1.54) is 19.2 Å². The monoisotopic (exact) mass is 525 g/mol. The number of aromatic nitrogens is 3. The smallest absolute Gasteiger partial charge is 0.258 e. The molecule has 0 aliphatic carbocycles. The van der Waals surface area contributed by atoms with E-state index >= 15 is 4.39 Å². The van der Waals surface area contributed by atoms with Crippen LogP contribution in [0.2, 0.25) is 5.02 Å². The molecular weight excluding hydrogens is 497 g/mol. The van der Waals surface area contributed by atoms with Crippen molar-refractivity contribution >= 4 is 28.8 Å². The molecule has 0 spiro atoms. The van der Waals surface area contributed by atoms with Gasteiger partial charge in [-0.05, 0) is 46.2 Å². The molecule has 0 fully saturated rings. The third-order valence-corrected chi connectivity index (χ3v) is 6.39. The number of amides is 1. The maximum atomic E-state index is 15.5. The van der Waals surface area contributed by atoms with E-state index in [4.69, 9.17) is 22.1 Å². The lowest BCUT2D eigenvalue weighted by molar-refractivity contribution is 0.0839. The molecule has 4 aromatic rings. The molecule has 0 bridgehead atoms. The van der Waals surface area contributed by atoms with Crippen LogP contribution in [0.15, 0.2) is 48.8 Å². The molecule has 0 radical (unpaired) electrons. The highest BCUT2D eigenvalue weighted by molar-refractivity contribution is 6.31. The second-order valence-electron chi connectivity index (χ2n) is 9.32. The number of imidazole rings is 1. The van der Waals surface area contributed by atoms with Crippen molar-refractivity contribution in [1.29, 1.82) is 0 Å². The lowest BCUT2D eigenvalue weighted by atomic mass is 9.91. The van der Waals surface area contributed by atoms with E-state index in [0.29, 0.717) is 11.2 Å². The highest BCUT2D eigenvalue weighted by Gasteiger charge is 2.39. The fourth-order valence-corrected chi connectivity index (χ4v) is 4.53. The first-order chi connectivity index (χ1) is 17.4. The molecule has 0 aliphatic heterocycles. The molecule has 8 nitrogen and oxygen atoms in total. The summed E-state index contributed by atoms with van der Waals surface area (Å²) in [6.45, 7) is 8.47. The van der Waals surface area contributed by atoms with Gasteiger partial charge in [0.25, 0.3) is 5.91 Å². The Morgan fingerprint density at radius 3 is 2.59 bits per heavy atom. The first kappa shape index (κ1) is 26.4. The Morgan fingerprint density at radius 2 is 1.95 bits per heavy atom. The van der Waals surface area contributed by atoms with E-state index < -0.39 is 35.0 Å². The van der Waals surface area contributed by atoms with Gasteiger partial charge in [0.1, 0.15) is 34.1 Å². The minimum absolute atomic E-state index is 0.0763. The number of benzene rings is 2. The number of nitrogens with zero attached hydrogens (tertiary/aromatic N) is 3. The summed E-state index contributed by atoms with van der Waals surface area (Å²) >= 11 is 6.29. The molecular formula is C27H29ClFN5O3. The van der Waals surface area contributed by atoms with Crippen molar-refractivity contribution in [2.45, 2.75) is 52.4 Å². The molecule has 4 rings (SSSR count). The number of nitrogen functional groups attached to an aromatic ring is 1. The first-order valence-electron chi connectivity index (χ1n) is 11.8. The Bertz CT molecular complexity index is 1470. The van der Waals surface area contributed by atoms with Gasteiger partial charge in [0.05, 0.1) is 22.9 Å². The van der Waals surface area contributed by atoms with Crippen LogP contribution in [0.25, 0.3) is 5.52 Å². The van der Waals surface area contributed by atoms with Gasteiger partial charge in [-0.2, -0.15) is 0 Å². The number of hydrogen-bond donors (Lipinski definition) is 3. The third kappa shape index (κ3) is 4.84. The maximum Gasteiger partial charge on any atom is 0.258 e. The predicted octanol–water partition coefficient (Wildman–Crippen LogP) is 4.95. The zero-order valence-corrected chi connectivity index (χ0v) is 22.0. The van der Waals surface area contributed by atoms with Gasteiger partial charge < -0.3 is 20.9 Å². The molecule has 2 aromatic heterocycles. The van der Waals surface area contributed by atoms with E-state index in [1.54, 1.807) is 38.3 Å². The van der Waals surface area contributed by atoms with Crippen molar-refractivity contribution in [2.75, 3.05) is 5.73 Å². The van der Waals surface area contributed by atoms with E-state index in [2.05, 4.69) is 15.3 Å². The standard InChI is InChI=1S/C27H29ClFN5O3/c1-14(2)37-23-18(27(5,36)26-33-16(4)22-24(30)31-11-12-34(22)26)13-19(28)21(29)20(23)25(35)32-15(3)17-9-7-6-8-10-17/h6-15,36H,1-5H3,(H2,30,31)(H,32,35)/t15-,27?/m1/s1. The van der Waals surface area contributed by atoms with Crippen molar-refractivity contribution in [2.24, 2.45) is 0 Å². The molecule has 0 saturated carbocycles. The van der Waals surface area contributed by atoms with Crippen LogP contribution < -0.4 is 15.8 Å². The second kappa shape index (κ2) is 9.99. The van der Waals surface area contributed by atoms with Gasteiger partial charge in [-0.1, -0.05) is 41.9 Å². The number of ether oxygens (including phenoxy) is 1. The van der Waals surface area contributed by atoms with Crippen LogP contribution in [-0.4, -0.2) is 31.5 Å². The Kier molecular flexibility index (Phi) is 7.12. The quantitative estimate of drug-likeness (QED) is 0.314. The number of hydrogen-bond acceptors (Lipinski definition) is 6. The number of carbonyl (C=O) groups is 1. The Labute approximate surface area is 219 Å². The predicted molar refractivity (Wildman–Crippen MR) is 140 cm³/mol. The normalized spacial score (nSPS) is 14.0.